The highest BCUT2D eigenvalue weighted by atomic mass is 32.2. The lowest BCUT2D eigenvalue weighted by Gasteiger charge is -2.29. The molecule has 0 aliphatic carbocycles. The molecule has 7 heteroatoms. The maximum atomic E-state index is 13.4. The highest BCUT2D eigenvalue weighted by Crippen LogP contribution is 2.45. The minimum absolute atomic E-state index is 0.00597. The van der Waals surface area contributed by atoms with E-state index >= 15 is 0 Å². The summed E-state index contributed by atoms with van der Waals surface area (Å²) in [7, 11) is -7.47. The molecule has 0 bridgehead atoms. The lowest BCUT2D eigenvalue weighted by molar-refractivity contribution is 0.103. The van der Waals surface area contributed by atoms with Crippen LogP contribution in [0.4, 0.5) is 0 Å². The molecule has 0 N–H and O–H groups in total. The van der Waals surface area contributed by atoms with Gasteiger partial charge in [0.1, 0.15) is 0 Å². The fourth-order valence-electron chi connectivity index (χ4n) is 5.74. The van der Waals surface area contributed by atoms with Crippen molar-refractivity contribution in [1.29, 1.82) is 0 Å². The minimum Gasteiger partial charge on any atom is -0.289 e. The van der Waals surface area contributed by atoms with Crippen molar-refractivity contribution in [2.24, 2.45) is 0 Å². The van der Waals surface area contributed by atoms with Crippen molar-refractivity contribution in [2.75, 3.05) is 0 Å². The third kappa shape index (κ3) is 3.40. The summed E-state index contributed by atoms with van der Waals surface area (Å²) in [5, 5.41) is 0. The standard InChI is InChI=1S/C32H20O5S2/c33-32-25-12-3-6-15-29(25)39(36,37)30-17-16-21(19-26(30)32)20-8-7-9-22(18-20)31-23-10-1-4-13-27(23)38(34,35)28-14-5-2-11-24(28)31/h1-19,31H. The lowest BCUT2D eigenvalue weighted by Crippen LogP contribution is -2.20. The molecule has 0 saturated carbocycles. The first kappa shape index (κ1) is 23.8. The second-order valence-electron chi connectivity index (χ2n) is 9.68. The zero-order valence-electron chi connectivity index (χ0n) is 20.4. The molecule has 0 unspecified atom stereocenters. The molecule has 0 aromatic heterocycles. The summed E-state index contributed by atoms with van der Waals surface area (Å²) < 4.78 is 53.2. The molecule has 2 aliphatic heterocycles. The average molecular weight is 549 g/mol. The molecule has 5 aromatic rings. The first-order valence-corrected chi connectivity index (χ1v) is 15.3. The molecule has 0 fully saturated rings. The van der Waals surface area contributed by atoms with E-state index in [2.05, 4.69) is 0 Å². The molecule has 0 radical (unpaired) electrons. The van der Waals surface area contributed by atoms with Crippen molar-refractivity contribution < 1.29 is 21.6 Å². The van der Waals surface area contributed by atoms with Crippen LogP contribution in [0.5, 0.6) is 0 Å². The lowest BCUT2D eigenvalue weighted by atomic mass is 9.83. The Hall–Kier alpha value is -4.33. The quantitative estimate of drug-likeness (QED) is 0.262. The molecule has 0 amide bonds. The van der Waals surface area contributed by atoms with E-state index in [-0.39, 0.29) is 32.6 Å². The van der Waals surface area contributed by atoms with Crippen LogP contribution in [-0.4, -0.2) is 22.6 Å². The average Bonchev–Trinajstić information content (AvgIpc) is 2.96. The smallest absolute Gasteiger partial charge is 0.208 e. The van der Waals surface area contributed by atoms with Crippen LogP contribution < -0.4 is 0 Å². The molecular formula is C32H20O5S2. The summed E-state index contributed by atoms with van der Waals surface area (Å²) in [5.74, 6) is -0.638. The van der Waals surface area contributed by atoms with Gasteiger partial charge in [-0.3, -0.25) is 4.79 Å². The normalized spacial score (nSPS) is 16.5. The van der Waals surface area contributed by atoms with Gasteiger partial charge in [-0.25, -0.2) is 16.8 Å². The van der Waals surface area contributed by atoms with Gasteiger partial charge in [0.05, 0.1) is 19.6 Å². The molecule has 5 aromatic carbocycles. The van der Waals surface area contributed by atoms with Gasteiger partial charge in [0, 0.05) is 17.0 Å². The van der Waals surface area contributed by atoms with Gasteiger partial charge in [0.2, 0.25) is 19.7 Å². The zero-order valence-corrected chi connectivity index (χ0v) is 22.0. The van der Waals surface area contributed by atoms with Gasteiger partial charge in [-0.2, -0.15) is 0 Å². The summed E-state index contributed by atoms with van der Waals surface area (Å²) >= 11 is 0. The number of sulfone groups is 2. The van der Waals surface area contributed by atoms with Gasteiger partial charge in [-0.05, 0) is 64.2 Å². The summed E-state index contributed by atoms with van der Waals surface area (Å²) in [5.41, 5.74) is 4.12. The number of fused-ring (bicyclic) bond motifs is 4. The predicted octanol–water partition coefficient (Wildman–Crippen LogP) is 6.06. The highest BCUT2D eigenvalue weighted by Gasteiger charge is 2.37. The Morgan fingerprint density at radius 3 is 1.69 bits per heavy atom. The van der Waals surface area contributed by atoms with Crippen LogP contribution >= 0.6 is 0 Å². The minimum atomic E-state index is -3.81. The van der Waals surface area contributed by atoms with E-state index in [9.17, 15) is 21.6 Å². The van der Waals surface area contributed by atoms with Crippen LogP contribution in [0.3, 0.4) is 0 Å². The van der Waals surface area contributed by atoms with Crippen molar-refractivity contribution in [3.05, 3.63) is 143 Å². The van der Waals surface area contributed by atoms with Gasteiger partial charge >= 0.3 is 0 Å². The van der Waals surface area contributed by atoms with Crippen LogP contribution in [0.15, 0.2) is 135 Å². The number of hydrogen-bond acceptors (Lipinski definition) is 5. The van der Waals surface area contributed by atoms with Crippen molar-refractivity contribution in [3.63, 3.8) is 0 Å². The molecule has 7 rings (SSSR count). The molecule has 0 atom stereocenters. The van der Waals surface area contributed by atoms with Crippen molar-refractivity contribution in [2.45, 2.75) is 25.5 Å². The second kappa shape index (κ2) is 8.33. The SMILES string of the molecule is O=C1c2ccccc2S(=O)(=O)c2ccc(-c3cccc(C4c5ccccc5S(=O)(=O)c5ccccc54)c3)cc21. The van der Waals surface area contributed by atoms with Gasteiger partial charge in [0.15, 0.2) is 5.78 Å². The van der Waals surface area contributed by atoms with E-state index in [1.165, 1.54) is 18.2 Å². The van der Waals surface area contributed by atoms with E-state index in [0.717, 1.165) is 11.1 Å². The third-order valence-electron chi connectivity index (χ3n) is 7.53. The molecular weight excluding hydrogens is 528 g/mol. The third-order valence-corrected chi connectivity index (χ3v) is 11.3. The molecule has 0 spiro atoms. The van der Waals surface area contributed by atoms with Gasteiger partial charge in [-0.1, -0.05) is 78.9 Å². The number of rotatable bonds is 2. The molecule has 0 saturated heterocycles. The topological polar surface area (TPSA) is 85.3 Å². The fourth-order valence-corrected chi connectivity index (χ4v) is 9.12. The Balaban J connectivity index is 1.39. The number of hydrogen-bond donors (Lipinski definition) is 0. The van der Waals surface area contributed by atoms with Gasteiger partial charge in [-0.15, -0.1) is 0 Å². The van der Waals surface area contributed by atoms with Crippen LogP contribution in [0.25, 0.3) is 11.1 Å². The Morgan fingerprint density at radius 1 is 0.462 bits per heavy atom. The number of benzene rings is 5. The Bertz CT molecular complexity index is 2020. The number of carbonyl (C=O) groups excluding carboxylic acids is 1. The predicted molar refractivity (Wildman–Crippen MR) is 146 cm³/mol. The monoisotopic (exact) mass is 548 g/mol. The van der Waals surface area contributed by atoms with Gasteiger partial charge in [0.25, 0.3) is 0 Å². The van der Waals surface area contributed by atoms with Crippen molar-refractivity contribution >= 4 is 25.5 Å². The molecule has 2 heterocycles. The van der Waals surface area contributed by atoms with Crippen molar-refractivity contribution in [1.82, 2.24) is 0 Å². The maximum Gasteiger partial charge on any atom is 0.208 e. The van der Waals surface area contributed by atoms with E-state index < -0.39 is 19.7 Å². The maximum absolute atomic E-state index is 13.4. The highest BCUT2D eigenvalue weighted by molar-refractivity contribution is 7.92. The Labute approximate surface area is 226 Å². The molecule has 39 heavy (non-hydrogen) atoms. The van der Waals surface area contributed by atoms with Crippen molar-refractivity contribution in [3.8, 4) is 11.1 Å². The molecule has 2 aliphatic rings. The largest absolute Gasteiger partial charge is 0.289 e. The van der Waals surface area contributed by atoms with E-state index in [1.54, 1.807) is 48.5 Å². The van der Waals surface area contributed by atoms with E-state index in [0.29, 0.717) is 26.5 Å². The Kier molecular flexibility index (Phi) is 5.08. The second-order valence-corrected chi connectivity index (χ2v) is 13.5. The Morgan fingerprint density at radius 2 is 1.00 bits per heavy atom. The van der Waals surface area contributed by atoms with E-state index in [4.69, 9.17) is 0 Å². The number of ketones is 1. The molecule has 5 nitrogen and oxygen atoms in total. The number of carbonyl (C=O) groups is 1. The summed E-state index contributed by atoms with van der Waals surface area (Å²) in [6.45, 7) is 0. The summed E-state index contributed by atoms with van der Waals surface area (Å²) in [6.07, 6.45) is 0. The fraction of sp³-hybridized carbons (Fsp3) is 0.0312. The van der Waals surface area contributed by atoms with E-state index in [1.807, 2.05) is 48.5 Å². The van der Waals surface area contributed by atoms with Gasteiger partial charge < -0.3 is 0 Å². The van der Waals surface area contributed by atoms with Crippen LogP contribution in [0.1, 0.15) is 38.5 Å². The summed E-state index contributed by atoms with van der Waals surface area (Å²) in [6, 6.07) is 33.0. The first-order chi connectivity index (χ1) is 18.8. The van der Waals surface area contributed by atoms with Crippen LogP contribution in [-0.2, 0) is 19.7 Å². The van der Waals surface area contributed by atoms with Crippen LogP contribution in [0, 0.1) is 0 Å². The zero-order chi connectivity index (χ0) is 26.9. The van der Waals surface area contributed by atoms with Crippen LogP contribution in [0.2, 0.25) is 0 Å². The molecule has 190 valence electrons. The first-order valence-electron chi connectivity index (χ1n) is 12.3. The summed E-state index contributed by atoms with van der Waals surface area (Å²) in [4.78, 5) is 13.9.